The molecule has 0 aliphatic carbocycles. The molecule has 0 unspecified atom stereocenters. The van der Waals surface area contributed by atoms with Gasteiger partial charge in [-0.1, -0.05) is 6.07 Å². The summed E-state index contributed by atoms with van der Waals surface area (Å²) in [6.45, 7) is 1.77. The lowest BCUT2D eigenvalue weighted by Crippen LogP contribution is -2.46. The van der Waals surface area contributed by atoms with E-state index in [9.17, 15) is 13.2 Å². The molecule has 0 bridgehead atoms. The van der Waals surface area contributed by atoms with Gasteiger partial charge in [0.2, 0.25) is 0 Å². The fourth-order valence-electron chi connectivity index (χ4n) is 2.50. The molecule has 1 aliphatic rings. The maximum atomic E-state index is 12.1. The van der Waals surface area contributed by atoms with Gasteiger partial charge in [-0.25, -0.2) is 13.2 Å². The summed E-state index contributed by atoms with van der Waals surface area (Å²) in [7, 11) is -2.98. The summed E-state index contributed by atoms with van der Waals surface area (Å²) >= 11 is 1.61. The maximum absolute atomic E-state index is 12.1. The number of hydrogen-bond acceptors (Lipinski definition) is 4. The molecule has 112 valence electrons. The van der Waals surface area contributed by atoms with Crippen molar-refractivity contribution in [3.8, 4) is 0 Å². The molecule has 20 heavy (non-hydrogen) atoms. The molecule has 1 saturated heterocycles. The fraction of sp³-hybridized carbons (Fsp3) is 0.615. The first-order valence-electron chi connectivity index (χ1n) is 6.67. The van der Waals surface area contributed by atoms with Gasteiger partial charge in [-0.3, -0.25) is 0 Å². The van der Waals surface area contributed by atoms with Gasteiger partial charge in [0.05, 0.1) is 12.3 Å². The number of sulfone groups is 1. The van der Waals surface area contributed by atoms with Crippen molar-refractivity contribution in [2.45, 2.75) is 19.4 Å². The van der Waals surface area contributed by atoms with E-state index >= 15 is 0 Å². The first kappa shape index (κ1) is 15.3. The Hall–Kier alpha value is -1.08. The van der Waals surface area contributed by atoms with Crippen LogP contribution in [0.3, 0.4) is 0 Å². The zero-order valence-corrected chi connectivity index (χ0v) is 13.2. The molecule has 0 saturated carbocycles. The van der Waals surface area contributed by atoms with Crippen molar-refractivity contribution in [3.63, 3.8) is 0 Å². The average molecular weight is 316 g/mol. The first-order valence-corrected chi connectivity index (χ1v) is 9.61. The number of nitrogens with one attached hydrogen (secondary N) is 1. The first-order chi connectivity index (χ1) is 9.44. The van der Waals surface area contributed by atoms with Crippen LogP contribution in [0.4, 0.5) is 4.79 Å². The molecule has 1 aromatic rings. The number of nitrogens with zero attached hydrogens (tertiary/aromatic N) is 1. The molecular formula is C13H20N2O3S2. The van der Waals surface area contributed by atoms with E-state index in [0.717, 1.165) is 17.7 Å². The Morgan fingerprint density at radius 3 is 3.00 bits per heavy atom. The Bertz CT molecular complexity index is 540. The van der Waals surface area contributed by atoms with Crippen LogP contribution >= 0.6 is 11.3 Å². The minimum atomic E-state index is -2.98. The van der Waals surface area contributed by atoms with Gasteiger partial charge in [0.15, 0.2) is 0 Å². The molecule has 0 spiro atoms. The van der Waals surface area contributed by atoms with Crippen LogP contribution < -0.4 is 5.32 Å². The second-order valence-corrected chi connectivity index (χ2v) is 8.50. The number of likely N-dealkylation sites (tertiary alicyclic amines) is 1. The Morgan fingerprint density at radius 1 is 1.55 bits per heavy atom. The molecule has 2 rings (SSSR count). The van der Waals surface area contributed by atoms with Crippen LogP contribution in [0, 0.1) is 5.92 Å². The van der Waals surface area contributed by atoms with Gasteiger partial charge in [0.1, 0.15) is 9.84 Å². The Balaban J connectivity index is 1.83. The van der Waals surface area contributed by atoms with Gasteiger partial charge in [0.25, 0.3) is 0 Å². The highest BCUT2D eigenvalue weighted by molar-refractivity contribution is 7.90. The van der Waals surface area contributed by atoms with E-state index in [1.54, 1.807) is 16.2 Å². The SMILES string of the molecule is CS(=O)(=O)C[C@@H]1CCCN(C(=O)NCc2cccs2)C1. The molecule has 1 fully saturated rings. The van der Waals surface area contributed by atoms with Crippen LogP contribution in [-0.2, 0) is 16.4 Å². The number of carbonyl (C=O) groups is 1. The van der Waals surface area contributed by atoms with Gasteiger partial charge in [-0.2, -0.15) is 0 Å². The monoisotopic (exact) mass is 316 g/mol. The normalized spacial score (nSPS) is 19.9. The van der Waals surface area contributed by atoms with Gasteiger partial charge < -0.3 is 10.2 Å². The van der Waals surface area contributed by atoms with Crippen molar-refractivity contribution in [3.05, 3.63) is 22.4 Å². The van der Waals surface area contributed by atoms with Crippen molar-refractivity contribution in [2.24, 2.45) is 5.92 Å². The van der Waals surface area contributed by atoms with Gasteiger partial charge in [-0.05, 0) is 30.2 Å². The molecular weight excluding hydrogens is 296 g/mol. The molecule has 5 nitrogen and oxygen atoms in total. The predicted molar refractivity (Wildman–Crippen MR) is 80.6 cm³/mol. The topological polar surface area (TPSA) is 66.5 Å². The third-order valence-electron chi connectivity index (χ3n) is 3.34. The lowest BCUT2D eigenvalue weighted by Gasteiger charge is -2.32. The highest BCUT2D eigenvalue weighted by atomic mass is 32.2. The third kappa shape index (κ3) is 4.79. The zero-order chi connectivity index (χ0) is 14.6. The molecule has 1 aliphatic heterocycles. The van der Waals surface area contributed by atoms with E-state index in [0.29, 0.717) is 19.6 Å². The molecule has 1 aromatic heterocycles. The van der Waals surface area contributed by atoms with Crippen molar-refractivity contribution in [2.75, 3.05) is 25.1 Å². The largest absolute Gasteiger partial charge is 0.333 e. The summed E-state index contributed by atoms with van der Waals surface area (Å²) in [5.74, 6) is 0.230. The summed E-state index contributed by atoms with van der Waals surface area (Å²) in [6.07, 6.45) is 3.00. The Labute approximate surface area is 123 Å². The van der Waals surface area contributed by atoms with Crippen LogP contribution in [0.15, 0.2) is 17.5 Å². The Morgan fingerprint density at radius 2 is 2.35 bits per heavy atom. The maximum Gasteiger partial charge on any atom is 0.317 e. The van der Waals surface area contributed by atoms with E-state index in [2.05, 4.69) is 5.32 Å². The smallest absolute Gasteiger partial charge is 0.317 e. The average Bonchev–Trinajstić information content (AvgIpc) is 2.87. The molecule has 1 N–H and O–H groups in total. The number of amides is 2. The van der Waals surface area contributed by atoms with Crippen LogP contribution in [0.2, 0.25) is 0 Å². The van der Waals surface area contributed by atoms with Crippen LogP contribution in [0.25, 0.3) is 0 Å². The number of urea groups is 1. The van der Waals surface area contributed by atoms with Crippen LogP contribution in [0.1, 0.15) is 17.7 Å². The number of hydrogen-bond donors (Lipinski definition) is 1. The number of carbonyl (C=O) groups excluding carboxylic acids is 1. The fourth-order valence-corrected chi connectivity index (χ4v) is 4.27. The van der Waals surface area contributed by atoms with Crippen LogP contribution in [0.5, 0.6) is 0 Å². The van der Waals surface area contributed by atoms with E-state index in [1.165, 1.54) is 6.26 Å². The van der Waals surface area contributed by atoms with Crippen molar-refractivity contribution in [1.82, 2.24) is 10.2 Å². The Kier molecular flexibility index (Phi) is 5.04. The summed E-state index contributed by atoms with van der Waals surface area (Å²) < 4.78 is 22.7. The van der Waals surface area contributed by atoms with Gasteiger partial charge in [-0.15, -0.1) is 11.3 Å². The summed E-state index contributed by atoms with van der Waals surface area (Å²) in [5, 5.41) is 4.86. The molecule has 0 aromatic carbocycles. The van der Waals surface area contributed by atoms with E-state index in [1.807, 2.05) is 17.5 Å². The lowest BCUT2D eigenvalue weighted by molar-refractivity contribution is 0.170. The van der Waals surface area contributed by atoms with E-state index in [4.69, 9.17) is 0 Å². The quantitative estimate of drug-likeness (QED) is 0.919. The molecule has 2 amide bonds. The molecule has 2 heterocycles. The lowest BCUT2D eigenvalue weighted by atomic mass is 10.0. The van der Waals surface area contributed by atoms with Crippen molar-refractivity contribution >= 4 is 27.2 Å². The zero-order valence-electron chi connectivity index (χ0n) is 11.5. The number of rotatable bonds is 4. The summed E-state index contributed by atoms with van der Waals surface area (Å²) in [6, 6.07) is 3.83. The van der Waals surface area contributed by atoms with Crippen LogP contribution in [-0.4, -0.2) is 44.4 Å². The summed E-state index contributed by atoms with van der Waals surface area (Å²) in [4.78, 5) is 14.9. The third-order valence-corrected chi connectivity index (χ3v) is 5.29. The highest BCUT2D eigenvalue weighted by Crippen LogP contribution is 2.18. The number of thiophene rings is 1. The standard InChI is InChI=1S/C13H20N2O3S2/c1-20(17,18)10-11-4-2-6-15(9-11)13(16)14-8-12-5-3-7-19-12/h3,5,7,11H,2,4,6,8-10H2,1H3,(H,14,16)/t11-/m1/s1. The molecule has 7 heteroatoms. The number of piperidine rings is 1. The minimum absolute atomic E-state index is 0.0613. The summed E-state index contributed by atoms with van der Waals surface area (Å²) in [5.41, 5.74) is 0. The second kappa shape index (κ2) is 6.58. The van der Waals surface area contributed by atoms with Crippen molar-refractivity contribution in [1.29, 1.82) is 0 Å². The molecule has 1 atom stereocenters. The highest BCUT2D eigenvalue weighted by Gasteiger charge is 2.25. The van der Waals surface area contributed by atoms with Gasteiger partial charge in [0, 0.05) is 24.2 Å². The predicted octanol–water partition coefficient (Wildman–Crippen LogP) is 1.71. The van der Waals surface area contributed by atoms with E-state index < -0.39 is 9.84 Å². The molecule has 0 radical (unpaired) electrons. The van der Waals surface area contributed by atoms with E-state index in [-0.39, 0.29) is 17.7 Å². The minimum Gasteiger partial charge on any atom is -0.333 e. The van der Waals surface area contributed by atoms with Gasteiger partial charge >= 0.3 is 6.03 Å². The van der Waals surface area contributed by atoms with Crippen molar-refractivity contribution < 1.29 is 13.2 Å². The second-order valence-electron chi connectivity index (χ2n) is 5.28.